The quantitative estimate of drug-likeness (QED) is 0.651. The topological polar surface area (TPSA) is 69.7 Å². The lowest BCUT2D eigenvalue weighted by Gasteiger charge is -2.28. The van der Waals surface area contributed by atoms with Crippen LogP contribution in [0.5, 0.6) is 17.2 Å². The largest absolute Gasteiger partial charge is 0.493 e. The van der Waals surface area contributed by atoms with Gasteiger partial charge in [0.1, 0.15) is 23.9 Å². The second kappa shape index (κ2) is 8.06. The summed E-state index contributed by atoms with van der Waals surface area (Å²) in [7, 11) is 0. The van der Waals surface area contributed by atoms with Gasteiger partial charge in [0.05, 0.1) is 24.5 Å². The van der Waals surface area contributed by atoms with E-state index >= 15 is 0 Å². The van der Waals surface area contributed by atoms with Crippen LogP contribution in [0.25, 0.3) is 0 Å². The smallest absolute Gasteiger partial charge is 0.217 e. The van der Waals surface area contributed by atoms with Crippen LogP contribution in [0, 0.1) is 11.8 Å². The Hall–Kier alpha value is -2.76. The van der Waals surface area contributed by atoms with E-state index in [2.05, 4.69) is 17.4 Å². The SMILES string of the molecule is CC(=O)N[C@@H](C)COc1ccc(C2(C3CC3)Cc3ccc(OCC4CC4)cc3O2)nc1.[HH]. The van der Waals surface area contributed by atoms with Crippen molar-refractivity contribution < 1.29 is 20.4 Å². The summed E-state index contributed by atoms with van der Waals surface area (Å²) in [5, 5.41) is 2.82. The van der Waals surface area contributed by atoms with E-state index in [0.29, 0.717) is 18.3 Å². The van der Waals surface area contributed by atoms with Gasteiger partial charge in [0.15, 0.2) is 5.60 Å². The Labute approximate surface area is 184 Å². The molecule has 2 aliphatic carbocycles. The van der Waals surface area contributed by atoms with Crippen molar-refractivity contribution in [1.82, 2.24) is 10.3 Å². The van der Waals surface area contributed by atoms with Crippen molar-refractivity contribution in [2.75, 3.05) is 13.2 Å². The number of carbonyl (C=O) groups is 1. The van der Waals surface area contributed by atoms with Gasteiger partial charge < -0.3 is 19.5 Å². The molecule has 1 aromatic carbocycles. The van der Waals surface area contributed by atoms with Crippen molar-refractivity contribution in [3.63, 3.8) is 0 Å². The van der Waals surface area contributed by atoms with E-state index in [1.165, 1.54) is 25.3 Å². The summed E-state index contributed by atoms with van der Waals surface area (Å²) in [6.07, 6.45) is 7.48. The third kappa shape index (κ3) is 4.48. The molecule has 166 valence electrons. The number of hydrogen-bond donors (Lipinski definition) is 1. The average molecular weight is 425 g/mol. The van der Waals surface area contributed by atoms with Crippen LogP contribution < -0.4 is 19.5 Å². The third-order valence-electron chi connectivity index (χ3n) is 6.32. The lowest BCUT2D eigenvalue weighted by atomic mass is 9.88. The lowest BCUT2D eigenvalue weighted by molar-refractivity contribution is -0.119. The summed E-state index contributed by atoms with van der Waals surface area (Å²) in [5.41, 5.74) is 1.77. The molecule has 1 N–H and O–H groups in total. The first-order valence-electron chi connectivity index (χ1n) is 11.3. The van der Waals surface area contributed by atoms with E-state index in [-0.39, 0.29) is 13.4 Å². The van der Waals surface area contributed by atoms with Crippen molar-refractivity contribution in [2.24, 2.45) is 11.8 Å². The molecule has 1 aromatic heterocycles. The minimum Gasteiger partial charge on any atom is -0.493 e. The van der Waals surface area contributed by atoms with Gasteiger partial charge in [-0.2, -0.15) is 0 Å². The normalized spacial score (nSPS) is 22.9. The van der Waals surface area contributed by atoms with E-state index in [9.17, 15) is 4.79 Å². The first-order valence-corrected chi connectivity index (χ1v) is 11.3. The van der Waals surface area contributed by atoms with Crippen molar-refractivity contribution in [3.05, 3.63) is 47.8 Å². The highest BCUT2D eigenvalue weighted by atomic mass is 16.5. The first-order chi connectivity index (χ1) is 15.0. The zero-order valence-corrected chi connectivity index (χ0v) is 18.2. The standard InChI is InChI=1S/C25H30N2O4.H2/c1-16(27-17(2)28)14-29-22-9-10-24(26-13-22)25(20-6-7-20)12-19-5-8-21(11-23(19)31-25)30-15-18-3-4-18;/h5,8-11,13,16,18,20H,3-4,6-7,12,14-15H2,1-2H3,(H,27,28);1H/t16-,25?;/m0./s1. The molecule has 2 saturated carbocycles. The predicted octanol–water partition coefficient (Wildman–Crippen LogP) is 4.26. The van der Waals surface area contributed by atoms with Crippen LogP contribution in [-0.4, -0.2) is 30.1 Å². The molecule has 1 unspecified atom stereocenters. The zero-order valence-electron chi connectivity index (χ0n) is 18.2. The highest BCUT2D eigenvalue weighted by Gasteiger charge is 2.53. The maximum atomic E-state index is 11.1. The number of fused-ring (bicyclic) bond motifs is 1. The summed E-state index contributed by atoms with van der Waals surface area (Å²) in [5.74, 6) is 3.66. The number of ether oxygens (including phenoxy) is 3. The van der Waals surface area contributed by atoms with Gasteiger partial charge >= 0.3 is 0 Å². The molecule has 1 aliphatic heterocycles. The highest BCUT2D eigenvalue weighted by molar-refractivity contribution is 5.73. The van der Waals surface area contributed by atoms with Crippen LogP contribution >= 0.6 is 0 Å². The Bertz CT molecular complexity index is 959. The molecule has 6 nitrogen and oxygen atoms in total. The molecule has 0 saturated heterocycles. The van der Waals surface area contributed by atoms with E-state index in [0.717, 1.165) is 49.0 Å². The molecule has 2 heterocycles. The van der Waals surface area contributed by atoms with Crippen LogP contribution in [0.4, 0.5) is 0 Å². The first kappa shape index (κ1) is 20.2. The summed E-state index contributed by atoms with van der Waals surface area (Å²) in [6.45, 7) is 4.62. The predicted molar refractivity (Wildman–Crippen MR) is 119 cm³/mol. The molecule has 2 fully saturated rings. The molecule has 2 atom stereocenters. The van der Waals surface area contributed by atoms with Gasteiger partial charge in [-0.3, -0.25) is 9.78 Å². The maximum absolute atomic E-state index is 11.1. The summed E-state index contributed by atoms with van der Waals surface area (Å²) in [6, 6.07) is 10.2. The monoisotopic (exact) mass is 424 g/mol. The second-order valence-electron chi connectivity index (χ2n) is 9.26. The van der Waals surface area contributed by atoms with Crippen molar-refractivity contribution in [2.45, 2.75) is 57.6 Å². The van der Waals surface area contributed by atoms with Crippen molar-refractivity contribution in [1.29, 1.82) is 0 Å². The molecule has 6 heteroatoms. The summed E-state index contributed by atoms with van der Waals surface area (Å²) in [4.78, 5) is 15.9. The molecule has 0 radical (unpaired) electrons. The van der Waals surface area contributed by atoms with Gasteiger partial charge in [0, 0.05) is 26.8 Å². The van der Waals surface area contributed by atoms with Gasteiger partial charge in [0.2, 0.25) is 5.91 Å². The molecular formula is C25H32N2O4. The van der Waals surface area contributed by atoms with Gasteiger partial charge in [0.25, 0.3) is 0 Å². The van der Waals surface area contributed by atoms with Gasteiger partial charge in [-0.25, -0.2) is 0 Å². The zero-order chi connectivity index (χ0) is 21.4. The molecule has 1 amide bonds. The number of nitrogens with zero attached hydrogens (tertiary/aromatic N) is 1. The number of pyridine rings is 1. The second-order valence-corrected chi connectivity index (χ2v) is 9.26. The number of nitrogens with one attached hydrogen (secondary N) is 1. The van der Waals surface area contributed by atoms with E-state index in [1.54, 1.807) is 6.20 Å². The fraction of sp³-hybridized carbons (Fsp3) is 0.520. The third-order valence-corrected chi connectivity index (χ3v) is 6.32. The number of hydrogen-bond acceptors (Lipinski definition) is 5. The number of amides is 1. The van der Waals surface area contributed by atoms with Crippen molar-refractivity contribution in [3.8, 4) is 17.2 Å². The van der Waals surface area contributed by atoms with Crippen LogP contribution in [0.1, 0.15) is 52.2 Å². The Morgan fingerprint density at radius 1 is 1.23 bits per heavy atom. The molecule has 0 bridgehead atoms. The Balaban J connectivity index is 0.00000245. The number of carbonyl (C=O) groups excluding carboxylic acids is 1. The number of aromatic nitrogens is 1. The van der Waals surface area contributed by atoms with E-state index < -0.39 is 5.60 Å². The summed E-state index contributed by atoms with van der Waals surface area (Å²) >= 11 is 0. The Kier molecular flexibility index (Phi) is 5.24. The van der Waals surface area contributed by atoms with Crippen molar-refractivity contribution >= 4 is 5.91 Å². The van der Waals surface area contributed by atoms with Gasteiger partial charge in [-0.05, 0) is 62.3 Å². The minimum absolute atomic E-state index is 0. The molecular weight excluding hydrogens is 392 g/mol. The molecule has 3 aliphatic rings. The fourth-order valence-electron chi connectivity index (χ4n) is 4.33. The van der Waals surface area contributed by atoms with Crippen LogP contribution in [0.2, 0.25) is 0 Å². The van der Waals surface area contributed by atoms with Gasteiger partial charge in [-0.1, -0.05) is 6.07 Å². The van der Waals surface area contributed by atoms with E-state index in [1.807, 2.05) is 25.1 Å². The molecule has 31 heavy (non-hydrogen) atoms. The van der Waals surface area contributed by atoms with E-state index in [4.69, 9.17) is 19.2 Å². The Morgan fingerprint density at radius 3 is 2.71 bits per heavy atom. The molecule has 0 spiro atoms. The van der Waals surface area contributed by atoms with Crippen LogP contribution in [0.15, 0.2) is 36.5 Å². The minimum atomic E-state index is -0.403. The fourth-order valence-corrected chi connectivity index (χ4v) is 4.33. The number of rotatable bonds is 9. The van der Waals surface area contributed by atoms with Crippen LogP contribution in [0.3, 0.4) is 0 Å². The lowest BCUT2D eigenvalue weighted by Crippen LogP contribution is -2.35. The molecule has 5 rings (SSSR count). The highest BCUT2D eigenvalue weighted by Crippen LogP contribution is 2.54. The molecule has 2 aromatic rings. The van der Waals surface area contributed by atoms with Gasteiger partial charge in [-0.15, -0.1) is 0 Å². The summed E-state index contributed by atoms with van der Waals surface area (Å²) < 4.78 is 18.4. The number of benzene rings is 1. The van der Waals surface area contributed by atoms with Crippen LogP contribution in [-0.2, 0) is 16.8 Å². The average Bonchev–Trinajstić information content (AvgIpc) is 3.67. The Morgan fingerprint density at radius 2 is 2.03 bits per heavy atom. The maximum Gasteiger partial charge on any atom is 0.217 e.